The number of hydrogen-bond donors (Lipinski definition) is 2. The minimum absolute atomic E-state index is 0.0799. The molecule has 3 heterocycles. The van der Waals surface area contributed by atoms with E-state index in [4.69, 9.17) is 23.7 Å². The maximum atomic E-state index is 12.8. The zero-order valence-corrected chi connectivity index (χ0v) is 20.7. The van der Waals surface area contributed by atoms with E-state index in [1.54, 1.807) is 24.3 Å². The lowest BCUT2D eigenvalue weighted by Gasteiger charge is -2.53. The zero-order valence-electron chi connectivity index (χ0n) is 20.7. The number of fused-ring (bicyclic) bond motifs is 3. The first kappa shape index (κ1) is 25.2. The van der Waals surface area contributed by atoms with Crippen molar-refractivity contribution in [2.24, 2.45) is 5.41 Å². The molecule has 37 heavy (non-hydrogen) atoms. The van der Waals surface area contributed by atoms with E-state index in [0.717, 1.165) is 11.1 Å². The third-order valence-electron chi connectivity index (χ3n) is 6.52. The average Bonchev–Trinajstić information content (AvgIpc) is 2.95. The summed E-state index contributed by atoms with van der Waals surface area (Å²) in [5.74, 6) is -0.981. The first-order valence-electron chi connectivity index (χ1n) is 12.3. The molecule has 194 valence electrons. The van der Waals surface area contributed by atoms with Crippen LogP contribution in [0.25, 0.3) is 0 Å². The average molecular weight is 506 g/mol. The van der Waals surface area contributed by atoms with Gasteiger partial charge in [-0.2, -0.15) is 0 Å². The molecule has 2 bridgehead atoms. The molecule has 3 aliphatic heterocycles. The van der Waals surface area contributed by atoms with Crippen molar-refractivity contribution in [3.63, 3.8) is 0 Å². The number of hydrogen-bond acceptors (Lipinski definition) is 7. The molecular formula is C29H31NO7. The third-order valence-corrected chi connectivity index (χ3v) is 6.52. The molecule has 8 nitrogen and oxygen atoms in total. The number of aliphatic hydroxyl groups is 1. The molecule has 0 spiro atoms. The summed E-state index contributed by atoms with van der Waals surface area (Å²) in [7, 11) is 0. The van der Waals surface area contributed by atoms with Gasteiger partial charge in [-0.15, -0.1) is 0 Å². The molecule has 0 aliphatic carbocycles. The normalized spacial score (nSPS) is 24.2. The minimum atomic E-state index is -1.63. The molecule has 2 N–H and O–H groups in total. The number of rotatable bonds is 9. The van der Waals surface area contributed by atoms with Crippen LogP contribution >= 0.6 is 0 Å². The number of nitrogens with one attached hydrogen (secondary N) is 1. The summed E-state index contributed by atoms with van der Waals surface area (Å²) in [4.78, 5) is 12.8. The highest BCUT2D eigenvalue weighted by molar-refractivity contribution is 5.68. The van der Waals surface area contributed by atoms with Crippen LogP contribution in [0.4, 0.5) is 4.79 Å². The highest BCUT2D eigenvalue weighted by Gasteiger charge is 2.57. The Labute approximate surface area is 216 Å². The second-order valence-corrected chi connectivity index (χ2v) is 9.75. The van der Waals surface area contributed by atoms with Crippen molar-refractivity contribution in [3.05, 3.63) is 102 Å². The van der Waals surface area contributed by atoms with Gasteiger partial charge in [0.25, 0.3) is 0 Å². The van der Waals surface area contributed by atoms with Crippen molar-refractivity contribution >= 4 is 6.09 Å². The van der Waals surface area contributed by atoms with Crippen LogP contribution in [0.1, 0.15) is 29.7 Å². The second-order valence-electron chi connectivity index (χ2n) is 9.75. The lowest BCUT2D eigenvalue weighted by atomic mass is 9.90. The van der Waals surface area contributed by atoms with E-state index in [1.807, 2.05) is 67.6 Å². The van der Waals surface area contributed by atoms with Crippen LogP contribution in [0, 0.1) is 5.41 Å². The van der Waals surface area contributed by atoms with Crippen molar-refractivity contribution in [3.8, 4) is 5.75 Å². The molecule has 0 unspecified atom stereocenters. The van der Waals surface area contributed by atoms with Crippen LogP contribution in [0.2, 0.25) is 0 Å². The predicted molar refractivity (Wildman–Crippen MR) is 134 cm³/mol. The van der Waals surface area contributed by atoms with Crippen molar-refractivity contribution in [1.29, 1.82) is 0 Å². The number of amides is 1. The standard InChI is InChI=1S/C29H31NO7/c1-28-18-35-29(36-19-28,37-20-28)26(30-27(32)34-17-22-10-6-3-7-11-22)25(31)23-12-14-24(15-13-23)33-16-21-8-4-2-5-9-21/h2-15,25-26,31H,16-20H2,1H3,(H,30,32)/t25-,26-,28?,29?/m0/s1. The van der Waals surface area contributed by atoms with Gasteiger partial charge in [0.05, 0.1) is 19.8 Å². The SMILES string of the molecule is CC12COC([C@@H](NC(=O)OCc3ccccc3)[C@@H](O)c3ccc(OCc4ccccc4)cc3)(OC1)OC2. The lowest BCUT2D eigenvalue weighted by molar-refractivity contribution is -0.478. The number of aliphatic hydroxyl groups excluding tert-OH is 1. The van der Waals surface area contributed by atoms with Crippen LogP contribution in [-0.4, -0.2) is 43.0 Å². The molecule has 1 amide bonds. The van der Waals surface area contributed by atoms with E-state index in [1.165, 1.54) is 0 Å². The highest BCUT2D eigenvalue weighted by atomic mass is 16.9. The van der Waals surface area contributed by atoms with Crippen molar-refractivity contribution in [2.75, 3.05) is 19.8 Å². The fraction of sp³-hybridized carbons (Fsp3) is 0.345. The van der Waals surface area contributed by atoms with Gasteiger partial charge < -0.3 is 34.1 Å². The fourth-order valence-electron chi connectivity index (χ4n) is 4.29. The van der Waals surface area contributed by atoms with E-state index >= 15 is 0 Å². The van der Waals surface area contributed by atoms with Crippen molar-refractivity contribution in [1.82, 2.24) is 5.32 Å². The van der Waals surface area contributed by atoms with Gasteiger partial charge in [0.2, 0.25) is 0 Å². The van der Waals surface area contributed by atoms with Gasteiger partial charge in [0.15, 0.2) is 0 Å². The van der Waals surface area contributed by atoms with Gasteiger partial charge in [0.1, 0.15) is 31.1 Å². The Morgan fingerprint density at radius 3 is 1.97 bits per heavy atom. The summed E-state index contributed by atoms with van der Waals surface area (Å²) in [5.41, 5.74) is 2.15. The van der Waals surface area contributed by atoms with E-state index < -0.39 is 24.2 Å². The molecular weight excluding hydrogens is 474 g/mol. The Morgan fingerprint density at radius 2 is 1.41 bits per heavy atom. The van der Waals surface area contributed by atoms with E-state index in [2.05, 4.69) is 5.32 Å². The molecule has 2 atom stereocenters. The molecule has 3 aromatic carbocycles. The van der Waals surface area contributed by atoms with Gasteiger partial charge in [-0.05, 0) is 28.8 Å². The second kappa shape index (κ2) is 10.9. The number of carbonyl (C=O) groups excluding carboxylic acids is 1. The summed E-state index contributed by atoms with van der Waals surface area (Å²) in [5, 5.41) is 14.1. The van der Waals surface area contributed by atoms with Gasteiger partial charge in [-0.1, -0.05) is 79.7 Å². The molecule has 0 radical (unpaired) electrons. The van der Waals surface area contributed by atoms with Crippen molar-refractivity contribution in [2.45, 2.75) is 38.3 Å². The van der Waals surface area contributed by atoms with Gasteiger partial charge >= 0.3 is 12.1 Å². The lowest BCUT2D eigenvalue weighted by Crippen LogP contribution is -2.68. The topological polar surface area (TPSA) is 95.5 Å². The zero-order chi connectivity index (χ0) is 25.7. The Hall–Kier alpha value is -3.43. The maximum absolute atomic E-state index is 12.8. The minimum Gasteiger partial charge on any atom is -0.489 e. The van der Waals surface area contributed by atoms with Crippen molar-refractivity contribution < 1.29 is 33.6 Å². The monoisotopic (exact) mass is 505 g/mol. The number of carbonyl (C=O) groups is 1. The smallest absolute Gasteiger partial charge is 0.408 e. The summed E-state index contributed by atoms with van der Waals surface area (Å²) in [6.45, 7) is 3.64. The Bertz CT molecular complexity index is 1150. The molecule has 3 fully saturated rings. The van der Waals surface area contributed by atoms with Gasteiger partial charge in [-0.25, -0.2) is 4.79 Å². The van der Waals surface area contributed by atoms with Crippen LogP contribution in [0.3, 0.4) is 0 Å². The molecule has 0 aromatic heterocycles. The third kappa shape index (κ3) is 5.94. The Morgan fingerprint density at radius 1 is 0.865 bits per heavy atom. The number of ether oxygens (including phenoxy) is 5. The van der Waals surface area contributed by atoms with Crippen LogP contribution in [0.5, 0.6) is 5.75 Å². The predicted octanol–water partition coefficient (Wildman–Crippen LogP) is 4.33. The Balaban J connectivity index is 1.29. The maximum Gasteiger partial charge on any atom is 0.408 e. The number of alkyl carbamates (subject to hydrolysis) is 1. The molecule has 3 aromatic rings. The molecule has 6 rings (SSSR count). The summed E-state index contributed by atoms with van der Waals surface area (Å²) in [6, 6.07) is 25.1. The summed E-state index contributed by atoms with van der Waals surface area (Å²) < 4.78 is 29.1. The van der Waals surface area contributed by atoms with E-state index in [-0.39, 0.29) is 12.0 Å². The van der Waals surface area contributed by atoms with E-state index in [9.17, 15) is 9.90 Å². The Kier molecular flexibility index (Phi) is 7.43. The van der Waals surface area contributed by atoms with Gasteiger partial charge in [-0.3, -0.25) is 0 Å². The first-order valence-corrected chi connectivity index (χ1v) is 12.3. The molecule has 3 saturated heterocycles. The molecule has 0 saturated carbocycles. The molecule has 3 aliphatic rings. The van der Waals surface area contributed by atoms with Crippen LogP contribution in [0.15, 0.2) is 84.9 Å². The van der Waals surface area contributed by atoms with Crippen LogP contribution < -0.4 is 10.1 Å². The van der Waals surface area contributed by atoms with Crippen LogP contribution in [-0.2, 0) is 32.2 Å². The van der Waals surface area contributed by atoms with E-state index in [0.29, 0.717) is 37.7 Å². The molecule has 8 heteroatoms. The first-order chi connectivity index (χ1) is 17.9. The summed E-state index contributed by atoms with van der Waals surface area (Å²) >= 11 is 0. The fourth-order valence-corrected chi connectivity index (χ4v) is 4.29. The van der Waals surface area contributed by atoms with Gasteiger partial charge in [0, 0.05) is 5.41 Å². The highest BCUT2D eigenvalue weighted by Crippen LogP contribution is 2.42. The number of benzene rings is 3. The summed E-state index contributed by atoms with van der Waals surface area (Å²) in [6.07, 6.45) is -1.94. The quantitative estimate of drug-likeness (QED) is 0.447. The largest absolute Gasteiger partial charge is 0.489 e.